The van der Waals surface area contributed by atoms with Crippen molar-refractivity contribution in [2.75, 3.05) is 17.2 Å². The van der Waals surface area contributed by atoms with Gasteiger partial charge in [0, 0.05) is 30.0 Å². The van der Waals surface area contributed by atoms with Crippen LogP contribution in [-0.2, 0) is 11.0 Å². The third kappa shape index (κ3) is 6.06. The van der Waals surface area contributed by atoms with Crippen LogP contribution in [0.4, 0.5) is 24.8 Å². The summed E-state index contributed by atoms with van der Waals surface area (Å²) in [4.78, 5) is 20.3. The molecule has 134 valence electrons. The quantitative estimate of drug-likeness (QED) is 0.773. The topological polar surface area (TPSA) is 66.9 Å². The molecule has 0 radical (unpaired) electrons. The summed E-state index contributed by atoms with van der Waals surface area (Å²) >= 11 is 0. The average molecular weight is 352 g/mol. The Morgan fingerprint density at radius 3 is 2.24 bits per heavy atom. The van der Waals surface area contributed by atoms with Gasteiger partial charge in [0.25, 0.3) is 0 Å². The van der Waals surface area contributed by atoms with Crippen molar-refractivity contribution in [2.45, 2.75) is 32.9 Å². The van der Waals surface area contributed by atoms with Gasteiger partial charge in [0.1, 0.15) is 0 Å². The number of halogens is 3. The monoisotopic (exact) mass is 352 g/mol. The molecule has 0 saturated carbocycles. The highest BCUT2D eigenvalue weighted by atomic mass is 19.4. The van der Waals surface area contributed by atoms with E-state index in [4.69, 9.17) is 0 Å². The zero-order valence-corrected chi connectivity index (χ0v) is 13.9. The molecule has 5 nitrogen and oxygen atoms in total. The number of nitrogens with one attached hydrogen (secondary N) is 2. The molecule has 8 heteroatoms. The standard InChI is InChI=1S/C17H19F3N4O/c1-11-10-12(2)23-16(22-11)21-9-3-4-15(25)24-14-7-5-13(6-8-14)17(18,19)20/h5-8,10H,3-4,9H2,1-2H3,(H,24,25)(H,21,22,23). The van der Waals surface area contributed by atoms with E-state index in [2.05, 4.69) is 20.6 Å². The predicted molar refractivity (Wildman–Crippen MR) is 89.3 cm³/mol. The van der Waals surface area contributed by atoms with Crippen LogP contribution in [0, 0.1) is 13.8 Å². The number of rotatable bonds is 6. The SMILES string of the molecule is Cc1cc(C)nc(NCCCC(=O)Nc2ccc(C(F)(F)F)cc2)n1. The van der Waals surface area contributed by atoms with E-state index in [1.165, 1.54) is 12.1 Å². The van der Waals surface area contributed by atoms with Crippen LogP contribution in [0.15, 0.2) is 30.3 Å². The van der Waals surface area contributed by atoms with Gasteiger partial charge in [0.05, 0.1) is 5.56 Å². The molecule has 2 aromatic rings. The molecule has 25 heavy (non-hydrogen) atoms. The minimum atomic E-state index is -4.38. The Morgan fingerprint density at radius 2 is 1.68 bits per heavy atom. The Balaban J connectivity index is 1.75. The Kier molecular flexibility index (Phi) is 5.95. The van der Waals surface area contributed by atoms with Crippen LogP contribution >= 0.6 is 0 Å². The van der Waals surface area contributed by atoms with E-state index in [-0.39, 0.29) is 12.3 Å². The molecule has 0 aliphatic heterocycles. The summed E-state index contributed by atoms with van der Waals surface area (Å²) in [5.41, 5.74) is 1.30. The minimum Gasteiger partial charge on any atom is -0.354 e. The van der Waals surface area contributed by atoms with Crippen LogP contribution in [0.5, 0.6) is 0 Å². The lowest BCUT2D eigenvalue weighted by molar-refractivity contribution is -0.137. The number of hydrogen-bond donors (Lipinski definition) is 2. The van der Waals surface area contributed by atoms with Gasteiger partial charge < -0.3 is 10.6 Å². The predicted octanol–water partition coefficient (Wildman–Crippen LogP) is 3.94. The number of amides is 1. The second-order valence-corrected chi connectivity index (χ2v) is 5.63. The van der Waals surface area contributed by atoms with Gasteiger partial charge in [-0.25, -0.2) is 9.97 Å². The van der Waals surface area contributed by atoms with Crippen molar-refractivity contribution in [3.05, 3.63) is 47.3 Å². The maximum Gasteiger partial charge on any atom is 0.416 e. The summed E-state index contributed by atoms with van der Waals surface area (Å²) in [6, 6.07) is 6.22. The van der Waals surface area contributed by atoms with Crippen LogP contribution in [0.1, 0.15) is 29.8 Å². The van der Waals surface area contributed by atoms with E-state index in [0.717, 1.165) is 23.5 Å². The highest BCUT2D eigenvalue weighted by Crippen LogP contribution is 2.29. The summed E-state index contributed by atoms with van der Waals surface area (Å²) < 4.78 is 37.4. The van der Waals surface area contributed by atoms with Gasteiger partial charge >= 0.3 is 6.18 Å². The number of aromatic nitrogens is 2. The average Bonchev–Trinajstić information content (AvgIpc) is 2.50. The van der Waals surface area contributed by atoms with Gasteiger partial charge in [-0.2, -0.15) is 13.2 Å². The van der Waals surface area contributed by atoms with E-state index in [0.29, 0.717) is 24.6 Å². The second-order valence-electron chi connectivity index (χ2n) is 5.63. The van der Waals surface area contributed by atoms with Gasteiger partial charge in [-0.1, -0.05) is 0 Å². The van der Waals surface area contributed by atoms with Crippen molar-refractivity contribution in [3.63, 3.8) is 0 Å². The number of benzene rings is 1. The molecule has 0 aliphatic carbocycles. The van der Waals surface area contributed by atoms with Crippen molar-refractivity contribution >= 4 is 17.5 Å². The lowest BCUT2D eigenvalue weighted by atomic mass is 10.2. The smallest absolute Gasteiger partial charge is 0.354 e. The lowest BCUT2D eigenvalue weighted by Gasteiger charge is -2.09. The number of anilines is 2. The Bertz CT molecular complexity index is 709. The fraction of sp³-hybridized carbons (Fsp3) is 0.353. The van der Waals surface area contributed by atoms with Crippen molar-refractivity contribution in [1.82, 2.24) is 9.97 Å². The maximum atomic E-state index is 12.5. The molecule has 1 aromatic heterocycles. The van der Waals surface area contributed by atoms with Crippen LogP contribution in [0.25, 0.3) is 0 Å². The molecule has 0 saturated heterocycles. The lowest BCUT2D eigenvalue weighted by Crippen LogP contribution is -2.14. The third-order valence-electron chi connectivity index (χ3n) is 3.34. The molecule has 0 unspecified atom stereocenters. The van der Waals surface area contributed by atoms with E-state index >= 15 is 0 Å². The second kappa shape index (κ2) is 7.96. The molecular formula is C17H19F3N4O. The molecule has 0 bridgehead atoms. The Morgan fingerprint density at radius 1 is 1.08 bits per heavy atom. The number of aryl methyl sites for hydroxylation is 2. The number of carbonyl (C=O) groups excluding carboxylic acids is 1. The zero-order valence-electron chi connectivity index (χ0n) is 13.9. The molecule has 1 aromatic carbocycles. The van der Waals surface area contributed by atoms with Gasteiger partial charge in [-0.15, -0.1) is 0 Å². The number of alkyl halides is 3. The van der Waals surface area contributed by atoms with Crippen LogP contribution in [0.3, 0.4) is 0 Å². The first-order chi connectivity index (χ1) is 11.7. The minimum absolute atomic E-state index is 0.235. The molecule has 2 N–H and O–H groups in total. The van der Waals surface area contributed by atoms with Crippen molar-refractivity contribution in [2.24, 2.45) is 0 Å². The van der Waals surface area contributed by atoms with E-state index in [9.17, 15) is 18.0 Å². The number of carbonyl (C=O) groups is 1. The van der Waals surface area contributed by atoms with E-state index in [1.807, 2.05) is 19.9 Å². The molecule has 1 heterocycles. The molecule has 0 aliphatic rings. The number of nitrogens with zero attached hydrogens (tertiary/aromatic N) is 2. The van der Waals surface area contributed by atoms with E-state index in [1.54, 1.807) is 0 Å². The van der Waals surface area contributed by atoms with Gasteiger partial charge in [0.2, 0.25) is 11.9 Å². The maximum absolute atomic E-state index is 12.5. The first-order valence-electron chi connectivity index (χ1n) is 7.77. The third-order valence-corrected chi connectivity index (χ3v) is 3.34. The summed E-state index contributed by atoms with van der Waals surface area (Å²) in [5, 5.41) is 5.61. The molecule has 0 fully saturated rings. The summed E-state index contributed by atoms with van der Waals surface area (Å²) in [5.74, 6) is 0.253. The normalized spacial score (nSPS) is 11.2. The zero-order chi connectivity index (χ0) is 18.4. The number of hydrogen-bond acceptors (Lipinski definition) is 4. The first kappa shape index (κ1) is 18.7. The summed E-state index contributed by atoms with van der Waals surface area (Å²) in [6.07, 6.45) is -3.61. The molecule has 0 atom stereocenters. The van der Waals surface area contributed by atoms with Crippen LogP contribution < -0.4 is 10.6 Å². The van der Waals surface area contributed by atoms with Gasteiger partial charge in [-0.05, 0) is 50.6 Å². The summed E-state index contributed by atoms with van der Waals surface area (Å²) in [7, 11) is 0. The van der Waals surface area contributed by atoms with Crippen molar-refractivity contribution in [3.8, 4) is 0 Å². The van der Waals surface area contributed by atoms with Crippen LogP contribution in [-0.4, -0.2) is 22.4 Å². The van der Waals surface area contributed by atoms with Crippen LogP contribution in [0.2, 0.25) is 0 Å². The molecular weight excluding hydrogens is 333 g/mol. The Labute approximate surface area is 143 Å². The van der Waals surface area contributed by atoms with Gasteiger partial charge in [0.15, 0.2) is 0 Å². The molecule has 0 spiro atoms. The molecule has 1 amide bonds. The highest BCUT2D eigenvalue weighted by Gasteiger charge is 2.29. The van der Waals surface area contributed by atoms with Gasteiger partial charge in [-0.3, -0.25) is 4.79 Å². The molecule has 2 rings (SSSR count). The fourth-order valence-corrected chi connectivity index (χ4v) is 2.22. The van der Waals surface area contributed by atoms with E-state index < -0.39 is 11.7 Å². The van der Waals surface area contributed by atoms with Crippen molar-refractivity contribution in [1.29, 1.82) is 0 Å². The van der Waals surface area contributed by atoms with Crippen molar-refractivity contribution < 1.29 is 18.0 Å². The first-order valence-corrected chi connectivity index (χ1v) is 7.77. The summed E-state index contributed by atoms with van der Waals surface area (Å²) in [6.45, 7) is 4.26. The Hall–Kier alpha value is -2.64. The largest absolute Gasteiger partial charge is 0.416 e. The fourth-order valence-electron chi connectivity index (χ4n) is 2.22. The highest BCUT2D eigenvalue weighted by molar-refractivity contribution is 5.90.